The molecule has 1 saturated carbocycles. The summed E-state index contributed by atoms with van der Waals surface area (Å²) in [6, 6.07) is 10.4. The molecule has 32 heavy (non-hydrogen) atoms. The molecule has 1 aromatic carbocycles. The molecule has 0 bridgehead atoms. The molecule has 0 radical (unpaired) electrons. The summed E-state index contributed by atoms with van der Waals surface area (Å²) in [5.41, 5.74) is 3.76. The van der Waals surface area contributed by atoms with Gasteiger partial charge in [-0.05, 0) is 57.2 Å². The highest BCUT2D eigenvalue weighted by Gasteiger charge is 2.31. The molecule has 4 rings (SSSR count). The van der Waals surface area contributed by atoms with Crippen molar-refractivity contribution in [3.05, 3.63) is 47.3 Å². The summed E-state index contributed by atoms with van der Waals surface area (Å²) >= 11 is 1.70. The number of hydrogen-bond acceptors (Lipinski definition) is 5. The molecule has 1 N–H and O–H groups in total. The van der Waals surface area contributed by atoms with Gasteiger partial charge in [0.2, 0.25) is 0 Å². The van der Waals surface area contributed by atoms with Crippen LogP contribution in [0.25, 0.3) is 5.69 Å². The second kappa shape index (κ2) is 9.50. The number of aryl methyl sites for hydroxylation is 1. The van der Waals surface area contributed by atoms with E-state index < -0.39 is 11.8 Å². The molecule has 7 nitrogen and oxygen atoms in total. The summed E-state index contributed by atoms with van der Waals surface area (Å²) in [7, 11) is 0. The van der Waals surface area contributed by atoms with Crippen LogP contribution in [-0.2, 0) is 9.59 Å². The lowest BCUT2D eigenvalue weighted by Gasteiger charge is -2.33. The zero-order valence-corrected chi connectivity index (χ0v) is 19.7. The molecule has 2 aromatic rings. The van der Waals surface area contributed by atoms with Gasteiger partial charge in [-0.25, -0.2) is 0 Å². The van der Waals surface area contributed by atoms with E-state index >= 15 is 0 Å². The quantitative estimate of drug-likeness (QED) is 0.412. The van der Waals surface area contributed by atoms with Crippen LogP contribution in [0.3, 0.4) is 0 Å². The molecule has 2 amide bonds. The van der Waals surface area contributed by atoms with E-state index in [0.717, 1.165) is 35.5 Å². The molecular formula is C24H30N4O3S. The number of nitrogens with zero attached hydrogens (tertiary/aromatic N) is 3. The summed E-state index contributed by atoms with van der Waals surface area (Å²) in [6.45, 7) is 6.42. The largest absolute Gasteiger partial charge is 0.345 e. The average Bonchev–Trinajstić information content (AvgIpc) is 3.56. The molecular weight excluding hydrogens is 424 g/mol. The fourth-order valence-corrected chi connectivity index (χ4v) is 4.66. The first kappa shape index (κ1) is 22.6. The van der Waals surface area contributed by atoms with Crippen molar-refractivity contribution >= 4 is 29.4 Å². The number of ketones is 1. The first-order valence-electron chi connectivity index (χ1n) is 11.1. The van der Waals surface area contributed by atoms with Crippen LogP contribution < -0.4 is 5.32 Å². The minimum Gasteiger partial charge on any atom is -0.345 e. The fraction of sp³-hybridized carbons (Fsp3) is 0.458. The zero-order valence-electron chi connectivity index (χ0n) is 18.9. The standard InChI is InChI=1S/C24H30N4O3S/c1-16-13-21(17(2)28(16)19-5-4-6-20(14-19)32-3)22(29)15-26-9-11-27(12-10-26)24(31)23(30)25-18-7-8-18/h4-6,13-14,18H,7-12,15H2,1-3H3,(H,25,30). The van der Waals surface area contributed by atoms with Gasteiger partial charge in [-0.15, -0.1) is 11.8 Å². The molecule has 2 heterocycles. The molecule has 8 heteroatoms. The normalized spacial score (nSPS) is 16.8. The van der Waals surface area contributed by atoms with E-state index in [0.29, 0.717) is 32.7 Å². The monoisotopic (exact) mass is 454 g/mol. The lowest BCUT2D eigenvalue weighted by molar-refractivity contribution is -0.147. The number of carbonyl (C=O) groups excluding carboxylic acids is 3. The van der Waals surface area contributed by atoms with Crippen molar-refractivity contribution in [2.24, 2.45) is 0 Å². The van der Waals surface area contributed by atoms with Crippen LogP contribution in [0.5, 0.6) is 0 Å². The van der Waals surface area contributed by atoms with Crippen LogP contribution in [0.1, 0.15) is 34.6 Å². The predicted octanol–water partition coefficient (Wildman–Crippen LogP) is 2.42. The Morgan fingerprint density at radius 3 is 2.44 bits per heavy atom. The Morgan fingerprint density at radius 1 is 1.06 bits per heavy atom. The molecule has 2 aliphatic rings. The van der Waals surface area contributed by atoms with Crippen LogP contribution in [0.4, 0.5) is 0 Å². The van der Waals surface area contributed by atoms with Crippen LogP contribution in [0.15, 0.2) is 35.2 Å². The number of piperazine rings is 1. The second-order valence-electron chi connectivity index (χ2n) is 8.56. The van der Waals surface area contributed by atoms with E-state index in [9.17, 15) is 14.4 Å². The van der Waals surface area contributed by atoms with E-state index in [-0.39, 0.29) is 11.8 Å². The highest BCUT2D eigenvalue weighted by molar-refractivity contribution is 7.98. The molecule has 1 aliphatic heterocycles. The van der Waals surface area contributed by atoms with Gasteiger partial charge in [-0.2, -0.15) is 0 Å². The minimum atomic E-state index is -0.505. The molecule has 1 aliphatic carbocycles. The number of amides is 2. The van der Waals surface area contributed by atoms with Gasteiger partial charge in [-0.3, -0.25) is 19.3 Å². The summed E-state index contributed by atoms with van der Waals surface area (Å²) in [4.78, 5) is 42.2. The fourth-order valence-electron chi connectivity index (χ4n) is 4.21. The molecule has 170 valence electrons. The SMILES string of the molecule is CSc1cccc(-n2c(C)cc(C(=O)CN3CCN(C(=O)C(=O)NC4CC4)CC3)c2C)c1. The van der Waals surface area contributed by atoms with Crippen LogP contribution in [0, 0.1) is 13.8 Å². The van der Waals surface area contributed by atoms with Crippen molar-refractivity contribution < 1.29 is 14.4 Å². The Labute approximate surface area is 193 Å². The molecule has 2 fully saturated rings. The summed E-state index contributed by atoms with van der Waals surface area (Å²) in [6.07, 6.45) is 3.97. The average molecular weight is 455 g/mol. The van der Waals surface area contributed by atoms with Gasteiger partial charge in [0.25, 0.3) is 0 Å². The number of thioether (sulfide) groups is 1. The number of nitrogens with one attached hydrogen (secondary N) is 1. The highest BCUT2D eigenvalue weighted by Crippen LogP contribution is 2.25. The third-order valence-electron chi connectivity index (χ3n) is 6.18. The van der Waals surface area contributed by atoms with Crippen molar-refractivity contribution in [1.82, 2.24) is 19.7 Å². The first-order chi connectivity index (χ1) is 15.4. The van der Waals surface area contributed by atoms with E-state index in [4.69, 9.17) is 0 Å². The number of Topliss-reactive ketones (excluding diaryl/α,β-unsaturated/α-hetero) is 1. The Bertz CT molecular complexity index is 1040. The maximum atomic E-state index is 13.1. The smallest absolute Gasteiger partial charge is 0.311 e. The van der Waals surface area contributed by atoms with Gasteiger partial charge in [0.1, 0.15) is 0 Å². The third-order valence-corrected chi connectivity index (χ3v) is 6.90. The van der Waals surface area contributed by atoms with E-state index in [1.165, 1.54) is 4.90 Å². The molecule has 0 spiro atoms. The Kier molecular flexibility index (Phi) is 6.71. The summed E-state index contributed by atoms with van der Waals surface area (Å²) in [5.74, 6) is -0.884. The first-order valence-corrected chi connectivity index (χ1v) is 12.3. The van der Waals surface area contributed by atoms with Crippen LogP contribution >= 0.6 is 11.8 Å². The maximum absolute atomic E-state index is 13.1. The van der Waals surface area contributed by atoms with Crippen molar-refractivity contribution in [2.45, 2.75) is 37.6 Å². The molecule has 0 atom stereocenters. The minimum absolute atomic E-state index is 0.0802. The van der Waals surface area contributed by atoms with Crippen molar-refractivity contribution in [2.75, 3.05) is 39.0 Å². The second-order valence-corrected chi connectivity index (χ2v) is 9.44. The summed E-state index contributed by atoms with van der Waals surface area (Å²) in [5, 5.41) is 2.75. The molecule has 1 aromatic heterocycles. The van der Waals surface area contributed by atoms with Gasteiger partial charge in [-0.1, -0.05) is 6.07 Å². The van der Waals surface area contributed by atoms with Crippen molar-refractivity contribution in [1.29, 1.82) is 0 Å². The number of rotatable bonds is 6. The lowest BCUT2D eigenvalue weighted by Crippen LogP contribution is -2.53. The number of benzene rings is 1. The lowest BCUT2D eigenvalue weighted by atomic mass is 10.1. The van der Waals surface area contributed by atoms with Gasteiger partial charge in [0.05, 0.1) is 6.54 Å². The Morgan fingerprint density at radius 2 is 1.78 bits per heavy atom. The topological polar surface area (TPSA) is 74.7 Å². The highest BCUT2D eigenvalue weighted by atomic mass is 32.2. The number of carbonyl (C=O) groups is 3. The van der Waals surface area contributed by atoms with Gasteiger partial charge >= 0.3 is 11.8 Å². The summed E-state index contributed by atoms with van der Waals surface area (Å²) < 4.78 is 2.13. The van der Waals surface area contributed by atoms with Crippen LogP contribution in [0.2, 0.25) is 0 Å². The molecule has 0 unspecified atom stereocenters. The van der Waals surface area contributed by atoms with Gasteiger partial charge in [0.15, 0.2) is 5.78 Å². The van der Waals surface area contributed by atoms with E-state index in [1.54, 1.807) is 16.7 Å². The maximum Gasteiger partial charge on any atom is 0.311 e. The Hall–Kier alpha value is -2.58. The van der Waals surface area contributed by atoms with Gasteiger partial charge < -0.3 is 14.8 Å². The van der Waals surface area contributed by atoms with Gasteiger partial charge in [0, 0.05) is 59.8 Å². The van der Waals surface area contributed by atoms with Crippen molar-refractivity contribution in [3.63, 3.8) is 0 Å². The van der Waals surface area contributed by atoms with Crippen LogP contribution in [-0.4, -0.2) is 77.0 Å². The van der Waals surface area contributed by atoms with Crippen molar-refractivity contribution in [3.8, 4) is 5.69 Å². The third kappa shape index (κ3) is 4.91. The van der Waals surface area contributed by atoms with E-state index in [1.807, 2.05) is 26.0 Å². The number of hydrogen-bond donors (Lipinski definition) is 1. The van der Waals surface area contributed by atoms with E-state index in [2.05, 4.69) is 39.2 Å². The molecule has 1 saturated heterocycles. The Balaban J connectivity index is 1.37. The predicted molar refractivity (Wildman–Crippen MR) is 126 cm³/mol. The number of aromatic nitrogens is 1. The zero-order chi connectivity index (χ0) is 22.8.